The molecule has 1 aliphatic carbocycles. The molecular weight excluding hydrogens is 264 g/mol. The number of aldehydes is 1. The Morgan fingerprint density at radius 3 is 2.71 bits per heavy atom. The number of carbonyl (C=O) groups is 1. The van der Waals surface area contributed by atoms with Crippen molar-refractivity contribution in [1.29, 1.82) is 0 Å². The zero-order chi connectivity index (χ0) is 14.9. The second kappa shape index (κ2) is 5.28. The van der Waals surface area contributed by atoms with Crippen molar-refractivity contribution in [3.8, 4) is 5.75 Å². The number of nitrogens with zero attached hydrogens (tertiary/aromatic N) is 2. The van der Waals surface area contributed by atoms with Gasteiger partial charge in [-0.05, 0) is 25.8 Å². The maximum atomic E-state index is 11.2. The largest absolute Gasteiger partial charge is 0.489 e. The highest BCUT2D eigenvalue weighted by atomic mass is 16.5. The van der Waals surface area contributed by atoms with Gasteiger partial charge in [-0.2, -0.15) is 0 Å². The number of hydrogen-bond acceptors (Lipinski definition) is 4. The summed E-state index contributed by atoms with van der Waals surface area (Å²) in [4.78, 5) is 19.7. The fourth-order valence-electron chi connectivity index (χ4n) is 2.78. The van der Waals surface area contributed by atoms with Gasteiger partial charge in [-0.15, -0.1) is 0 Å². The summed E-state index contributed by atoms with van der Waals surface area (Å²) in [6.45, 7) is 4.24. The molecule has 0 spiro atoms. The molecule has 2 aromatic rings. The van der Waals surface area contributed by atoms with E-state index in [1.807, 2.05) is 32.0 Å². The molecule has 0 amide bonds. The minimum Gasteiger partial charge on any atom is -0.489 e. The van der Waals surface area contributed by atoms with Crippen LogP contribution in [0.3, 0.4) is 0 Å². The van der Waals surface area contributed by atoms with Crippen LogP contribution in [0.1, 0.15) is 23.5 Å². The SMILES string of the molecule is Cc1ncc(OC[C@@]2(c3ccccc3)CC2C=O)c(C)n1. The summed E-state index contributed by atoms with van der Waals surface area (Å²) in [5.74, 6) is 1.45. The van der Waals surface area contributed by atoms with Crippen LogP contribution in [0, 0.1) is 19.8 Å². The van der Waals surface area contributed by atoms with Crippen molar-refractivity contribution in [2.45, 2.75) is 25.7 Å². The Morgan fingerprint density at radius 2 is 2.10 bits per heavy atom. The Bertz CT molecular complexity index is 657. The fourth-order valence-corrected chi connectivity index (χ4v) is 2.78. The first-order valence-corrected chi connectivity index (χ1v) is 7.09. The van der Waals surface area contributed by atoms with Crippen molar-refractivity contribution >= 4 is 6.29 Å². The van der Waals surface area contributed by atoms with E-state index in [-0.39, 0.29) is 11.3 Å². The van der Waals surface area contributed by atoms with Gasteiger partial charge in [-0.1, -0.05) is 30.3 Å². The first-order valence-electron chi connectivity index (χ1n) is 7.09. The van der Waals surface area contributed by atoms with E-state index in [1.165, 1.54) is 0 Å². The number of aryl methyl sites for hydroxylation is 2. The lowest BCUT2D eigenvalue weighted by Gasteiger charge is -2.18. The number of rotatable bonds is 5. The van der Waals surface area contributed by atoms with E-state index in [9.17, 15) is 4.79 Å². The minimum atomic E-state index is -0.194. The van der Waals surface area contributed by atoms with Crippen LogP contribution in [0.4, 0.5) is 0 Å². The Balaban J connectivity index is 1.80. The van der Waals surface area contributed by atoms with Gasteiger partial charge in [0.1, 0.15) is 12.1 Å². The highest BCUT2D eigenvalue weighted by Crippen LogP contribution is 2.53. The molecule has 4 heteroatoms. The number of aromatic nitrogens is 2. The maximum absolute atomic E-state index is 11.2. The van der Waals surface area contributed by atoms with Gasteiger partial charge < -0.3 is 9.53 Å². The van der Waals surface area contributed by atoms with Gasteiger partial charge in [0.05, 0.1) is 18.5 Å². The summed E-state index contributed by atoms with van der Waals surface area (Å²) >= 11 is 0. The molecule has 0 saturated heterocycles. The van der Waals surface area contributed by atoms with Gasteiger partial charge in [0, 0.05) is 11.3 Å². The zero-order valence-corrected chi connectivity index (χ0v) is 12.2. The molecule has 0 radical (unpaired) electrons. The molecule has 1 unspecified atom stereocenters. The lowest BCUT2D eigenvalue weighted by Crippen LogP contribution is -2.21. The molecule has 21 heavy (non-hydrogen) atoms. The quantitative estimate of drug-likeness (QED) is 0.791. The van der Waals surface area contributed by atoms with E-state index in [1.54, 1.807) is 6.20 Å². The number of carbonyl (C=O) groups excluding carboxylic acids is 1. The summed E-state index contributed by atoms with van der Waals surface area (Å²) < 4.78 is 5.92. The third-order valence-corrected chi connectivity index (χ3v) is 4.19. The summed E-state index contributed by atoms with van der Waals surface area (Å²) in [7, 11) is 0. The lowest BCUT2D eigenvalue weighted by atomic mass is 9.94. The predicted molar refractivity (Wildman–Crippen MR) is 79.3 cm³/mol. The van der Waals surface area contributed by atoms with Crippen molar-refractivity contribution in [3.63, 3.8) is 0 Å². The summed E-state index contributed by atoms with van der Waals surface area (Å²) in [5.41, 5.74) is 1.79. The highest BCUT2D eigenvalue weighted by Gasteiger charge is 2.56. The topological polar surface area (TPSA) is 52.1 Å². The number of hydrogen-bond donors (Lipinski definition) is 0. The highest BCUT2D eigenvalue weighted by molar-refractivity contribution is 5.64. The summed E-state index contributed by atoms with van der Waals surface area (Å²) in [6, 6.07) is 10.1. The van der Waals surface area contributed by atoms with E-state index < -0.39 is 0 Å². The second-order valence-electron chi connectivity index (χ2n) is 5.62. The molecule has 1 fully saturated rings. The van der Waals surface area contributed by atoms with E-state index in [4.69, 9.17) is 4.74 Å². The molecule has 108 valence electrons. The summed E-state index contributed by atoms with van der Waals surface area (Å²) in [6.07, 6.45) is 3.58. The van der Waals surface area contributed by atoms with Crippen LogP contribution in [-0.2, 0) is 10.2 Å². The van der Waals surface area contributed by atoms with E-state index >= 15 is 0 Å². The van der Waals surface area contributed by atoms with Crippen LogP contribution in [0.2, 0.25) is 0 Å². The predicted octanol–water partition coefficient (Wildman–Crippen LogP) is 2.63. The third-order valence-electron chi connectivity index (χ3n) is 4.19. The fraction of sp³-hybridized carbons (Fsp3) is 0.353. The van der Waals surface area contributed by atoms with Gasteiger partial charge >= 0.3 is 0 Å². The molecular formula is C17H18N2O2. The van der Waals surface area contributed by atoms with Crippen LogP contribution >= 0.6 is 0 Å². The Kier molecular flexibility index (Phi) is 3.45. The smallest absolute Gasteiger partial charge is 0.158 e. The van der Waals surface area contributed by atoms with Crippen LogP contribution in [0.5, 0.6) is 5.75 Å². The van der Waals surface area contributed by atoms with Crippen molar-refractivity contribution in [2.75, 3.05) is 6.61 Å². The van der Waals surface area contributed by atoms with E-state index in [0.29, 0.717) is 12.4 Å². The molecule has 1 heterocycles. The van der Waals surface area contributed by atoms with Crippen molar-refractivity contribution in [3.05, 3.63) is 53.6 Å². The Hall–Kier alpha value is -2.23. The van der Waals surface area contributed by atoms with Crippen molar-refractivity contribution in [2.24, 2.45) is 5.92 Å². The summed E-state index contributed by atoms with van der Waals surface area (Å²) in [5, 5.41) is 0. The average Bonchev–Trinajstić information content (AvgIpc) is 3.22. The molecule has 1 aromatic carbocycles. The van der Waals surface area contributed by atoms with Gasteiger partial charge in [0.25, 0.3) is 0 Å². The molecule has 0 bridgehead atoms. The maximum Gasteiger partial charge on any atom is 0.158 e. The lowest BCUT2D eigenvalue weighted by molar-refractivity contribution is -0.109. The third kappa shape index (κ3) is 2.53. The second-order valence-corrected chi connectivity index (χ2v) is 5.62. The first-order chi connectivity index (χ1) is 10.2. The van der Waals surface area contributed by atoms with Crippen molar-refractivity contribution < 1.29 is 9.53 Å². The standard InChI is InChI=1S/C17H18N2O2/c1-12-16(9-18-13(2)19-12)21-11-17(8-15(17)10-20)14-6-4-3-5-7-14/h3-7,9-10,15H,8,11H2,1-2H3/t15?,17-/m1/s1. The van der Waals surface area contributed by atoms with Gasteiger partial charge in [-0.3, -0.25) is 0 Å². The van der Waals surface area contributed by atoms with Crippen LogP contribution in [-0.4, -0.2) is 22.9 Å². The average molecular weight is 282 g/mol. The van der Waals surface area contributed by atoms with E-state index in [2.05, 4.69) is 22.1 Å². The molecule has 3 rings (SSSR count). The van der Waals surface area contributed by atoms with Crippen LogP contribution in [0.25, 0.3) is 0 Å². The monoisotopic (exact) mass is 282 g/mol. The molecule has 0 aliphatic heterocycles. The Labute approximate surface area is 124 Å². The molecule has 4 nitrogen and oxygen atoms in total. The van der Waals surface area contributed by atoms with Crippen molar-refractivity contribution in [1.82, 2.24) is 9.97 Å². The zero-order valence-electron chi connectivity index (χ0n) is 12.2. The number of ether oxygens (including phenoxy) is 1. The molecule has 0 N–H and O–H groups in total. The Morgan fingerprint density at radius 1 is 1.33 bits per heavy atom. The molecule has 1 saturated carbocycles. The minimum absolute atomic E-state index is 0.0339. The van der Waals surface area contributed by atoms with Crippen LogP contribution in [0.15, 0.2) is 36.5 Å². The van der Waals surface area contributed by atoms with E-state index in [0.717, 1.165) is 29.8 Å². The van der Waals surface area contributed by atoms with Crippen LogP contribution < -0.4 is 4.74 Å². The first kappa shape index (κ1) is 13.7. The van der Waals surface area contributed by atoms with Gasteiger partial charge in [-0.25, -0.2) is 9.97 Å². The number of benzene rings is 1. The molecule has 1 aromatic heterocycles. The van der Waals surface area contributed by atoms with Gasteiger partial charge in [0.15, 0.2) is 5.75 Å². The normalized spacial score (nSPS) is 23.6. The molecule has 2 atom stereocenters. The van der Waals surface area contributed by atoms with Gasteiger partial charge in [0.2, 0.25) is 0 Å². The molecule has 1 aliphatic rings.